The summed E-state index contributed by atoms with van der Waals surface area (Å²) in [6, 6.07) is 16.8. The molecule has 2 aromatic carbocycles. The minimum Gasteiger partial charge on any atom is -0.497 e. The van der Waals surface area contributed by atoms with E-state index in [0.717, 1.165) is 34.1 Å². The van der Waals surface area contributed by atoms with E-state index in [1.54, 1.807) is 31.4 Å². The van der Waals surface area contributed by atoms with Crippen molar-refractivity contribution < 1.29 is 18.7 Å². The highest BCUT2D eigenvalue weighted by atomic mass is 16.5. The van der Waals surface area contributed by atoms with Crippen molar-refractivity contribution in [1.82, 2.24) is 4.90 Å². The summed E-state index contributed by atoms with van der Waals surface area (Å²) in [6.07, 6.45) is 1.13. The predicted octanol–water partition coefficient (Wildman–Crippen LogP) is 4.50. The molecule has 6 heteroatoms. The van der Waals surface area contributed by atoms with E-state index in [2.05, 4.69) is 5.32 Å². The van der Waals surface area contributed by atoms with Crippen molar-refractivity contribution in [2.75, 3.05) is 19.0 Å². The third-order valence-electron chi connectivity index (χ3n) is 5.27. The molecule has 30 heavy (non-hydrogen) atoms. The van der Waals surface area contributed by atoms with E-state index in [1.165, 1.54) is 0 Å². The summed E-state index contributed by atoms with van der Waals surface area (Å²) in [5.74, 6) is 2.41. The molecule has 154 valence electrons. The molecule has 1 aliphatic heterocycles. The van der Waals surface area contributed by atoms with Crippen LogP contribution in [0, 0.1) is 0 Å². The lowest BCUT2D eigenvalue weighted by atomic mass is 10.1. The number of methoxy groups -OCH3 is 1. The smallest absolute Gasteiger partial charge is 0.254 e. The van der Waals surface area contributed by atoms with Crippen molar-refractivity contribution in [3.8, 4) is 17.1 Å². The summed E-state index contributed by atoms with van der Waals surface area (Å²) < 4.78 is 11.2. The Labute approximate surface area is 175 Å². The molecule has 2 amide bonds. The minimum atomic E-state index is -0.0159. The summed E-state index contributed by atoms with van der Waals surface area (Å²) in [5, 5.41) is 2.84. The number of hydrogen-bond acceptors (Lipinski definition) is 4. The number of ether oxygens (including phenoxy) is 1. The van der Waals surface area contributed by atoms with Crippen LogP contribution >= 0.6 is 0 Å². The molecule has 1 aromatic heterocycles. The van der Waals surface area contributed by atoms with Gasteiger partial charge in [0.05, 0.1) is 7.11 Å². The predicted molar refractivity (Wildman–Crippen MR) is 115 cm³/mol. The van der Waals surface area contributed by atoms with Crippen molar-refractivity contribution >= 4 is 17.5 Å². The third kappa shape index (κ3) is 4.08. The first kappa shape index (κ1) is 19.8. The molecule has 3 aromatic rings. The molecule has 0 aliphatic carbocycles. The molecule has 0 saturated heterocycles. The fraction of sp³-hybridized carbons (Fsp3) is 0.250. The average molecular weight is 404 g/mol. The minimum absolute atomic E-state index is 0.00192. The quantitative estimate of drug-likeness (QED) is 0.680. The van der Waals surface area contributed by atoms with Gasteiger partial charge in [-0.25, -0.2) is 0 Å². The van der Waals surface area contributed by atoms with E-state index >= 15 is 0 Å². The highest BCUT2D eigenvalue weighted by molar-refractivity contribution is 5.94. The second kappa shape index (κ2) is 8.45. The first-order valence-corrected chi connectivity index (χ1v) is 10.0. The highest BCUT2D eigenvalue weighted by Gasteiger charge is 2.25. The standard InChI is InChI=1S/C24H24N2O4/c1-3-23(27)25-19-8-4-16(5-9-19)22-14-18-15-26(13-12-21(18)30-22)24(28)17-6-10-20(29-2)11-7-17/h4-11,14H,3,12-13,15H2,1-2H3,(H,25,27). The van der Waals surface area contributed by atoms with Crippen LogP contribution in [0.15, 0.2) is 59.0 Å². The Balaban J connectivity index is 1.47. The van der Waals surface area contributed by atoms with Gasteiger partial charge in [-0.15, -0.1) is 0 Å². The molecule has 2 heterocycles. The zero-order valence-corrected chi connectivity index (χ0v) is 17.1. The van der Waals surface area contributed by atoms with Crippen LogP contribution < -0.4 is 10.1 Å². The van der Waals surface area contributed by atoms with Gasteiger partial charge in [-0.1, -0.05) is 6.92 Å². The van der Waals surface area contributed by atoms with Crippen LogP contribution in [-0.2, 0) is 17.8 Å². The largest absolute Gasteiger partial charge is 0.497 e. The lowest BCUT2D eigenvalue weighted by Crippen LogP contribution is -2.35. The maximum atomic E-state index is 12.9. The van der Waals surface area contributed by atoms with Gasteiger partial charge in [-0.2, -0.15) is 0 Å². The van der Waals surface area contributed by atoms with Crippen LogP contribution in [0.1, 0.15) is 35.0 Å². The van der Waals surface area contributed by atoms with Gasteiger partial charge < -0.3 is 19.4 Å². The highest BCUT2D eigenvalue weighted by Crippen LogP contribution is 2.31. The number of rotatable bonds is 5. The van der Waals surface area contributed by atoms with E-state index in [-0.39, 0.29) is 11.8 Å². The molecular formula is C24H24N2O4. The summed E-state index contributed by atoms with van der Waals surface area (Å²) in [7, 11) is 1.61. The summed E-state index contributed by atoms with van der Waals surface area (Å²) in [6.45, 7) is 2.96. The van der Waals surface area contributed by atoms with E-state index in [4.69, 9.17) is 9.15 Å². The average Bonchev–Trinajstić information content (AvgIpc) is 3.22. The Morgan fingerprint density at radius 1 is 1.10 bits per heavy atom. The summed E-state index contributed by atoms with van der Waals surface area (Å²) in [5.41, 5.74) is 3.37. The van der Waals surface area contributed by atoms with Gasteiger partial charge in [-0.05, 0) is 54.6 Å². The molecule has 6 nitrogen and oxygen atoms in total. The number of nitrogens with one attached hydrogen (secondary N) is 1. The molecule has 4 rings (SSSR count). The maximum Gasteiger partial charge on any atom is 0.254 e. The lowest BCUT2D eigenvalue weighted by Gasteiger charge is -2.26. The maximum absolute atomic E-state index is 12.9. The van der Waals surface area contributed by atoms with E-state index in [0.29, 0.717) is 31.5 Å². The number of carbonyl (C=O) groups excluding carboxylic acids is 2. The Morgan fingerprint density at radius 3 is 2.50 bits per heavy atom. The summed E-state index contributed by atoms with van der Waals surface area (Å²) in [4.78, 5) is 26.2. The Hall–Kier alpha value is -3.54. The van der Waals surface area contributed by atoms with Gasteiger partial charge >= 0.3 is 0 Å². The van der Waals surface area contributed by atoms with Gasteiger partial charge in [-0.3, -0.25) is 9.59 Å². The Kier molecular flexibility index (Phi) is 5.57. The fourth-order valence-electron chi connectivity index (χ4n) is 3.53. The molecule has 0 bridgehead atoms. The third-order valence-corrected chi connectivity index (χ3v) is 5.27. The second-order valence-corrected chi connectivity index (χ2v) is 7.24. The van der Waals surface area contributed by atoms with E-state index < -0.39 is 0 Å². The molecule has 0 fully saturated rings. The van der Waals surface area contributed by atoms with Crippen molar-refractivity contribution in [1.29, 1.82) is 0 Å². The monoisotopic (exact) mass is 404 g/mol. The summed E-state index contributed by atoms with van der Waals surface area (Å²) >= 11 is 0. The first-order valence-electron chi connectivity index (χ1n) is 10.0. The van der Waals surface area contributed by atoms with Crippen LogP contribution in [0.3, 0.4) is 0 Å². The molecule has 1 aliphatic rings. The lowest BCUT2D eigenvalue weighted by molar-refractivity contribution is -0.115. The molecule has 0 saturated carbocycles. The molecule has 0 radical (unpaired) electrons. The van der Waals surface area contributed by atoms with Crippen LogP contribution in [0.4, 0.5) is 5.69 Å². The molecule has 1 N–H and O–H groups in total. The van der Waals surface area contributed by atoms with Crippen molar-refractivity contribution in [3.05, 3.63) is 71.5 Å². The van der Waals surface area contributed by atoms with E-state index in [9.17, 15) is 9.59 Å². The number of furan rings is 1. The number of benzene rings is 2. The van der Waals surface area contributed by atoms with Gasteiger partial charge in [0.1, 0.15) is 17.3 Å². The number of amides is 2. The van der Waals surface area contributed by atoms with Crippen LogP contribution in [-0.4, -0.2) is 30.4 Å². The van der Waals surface area contributed by atoms with E-state index in [1.807, 2.05) is 42.2 Å². The zero-order chi connectivity index (χ0) is 21.1. The number of anilines is 1. The Morgan fingerprint density at radius 2 is 1.83 bits per heavy atom. The van der Waals surface area contributed by atoms with Crippen molar-refractivity contribution in [2.45, 2.75) is 26.3 Å². The van der Waals surface area contributed by atoms with Crippen LogP contribution in [0.25, 0.3) is 11.3 Å². The number of fused-ring (bicyclic) bond motifs is 1. The number of hydrogen-bond donors (Lipinski definition) is 1. The number of nitrogens with zero attached hydrogens (tertiary/aromatic N) is 1. The van der Waals surface area contributed by atoms with Gasteiger partial charge in [0, 0.05) is 48.3 Å². The van der Waals surface area contributed by atoms with Gasteiger partial charge in [0.15, 0.2) is 0 Å². The van der Waals surface area contributed by atoms with Crippen LogP contribution in [0.2, 0.25) is 0 Å². The molecule has 0 spiro atoms. The second-order valence-electron chi connectivity index (χ2n) is 7.24. The SMILES string of the molecule is CCC(=O)Nc1ccc(-c2cc3c(o2)CCN(C(=O)c2ccc(OC)cc2)C3)cc1. The van der Waals surface area contributed by atoms with Crippen LogP contribution in [0.5, 0.6) is 5.75 Å². The Bertz CT molecular complexity index is 1050. The van der Waals surface area contributed by atoms with Gasteiger partial charge in [0.25, 0.3) is 5.91 Å². The first-order chi connectivity index (χ1) is 14.6. The zero-order valence-electron chi connectivity index (χ0n) is 17.1. The number of carbonyl (C=O) groups is 2. The molecule has 0 unspecified atom stereocenters. The van der Waals surface area contributed by atoms with Crippen molar-refractivity contribution in [2.24, 2.45) is 0 Å². The molecular weight excluding hydrogens is 380 g/mol. The fourth-order valence-corrected chi connectivity index (χ4v) is 3.53. The van der Waals surface area contributed by atoms with Gasteiger partial charge in [0.2, 0.25) is 5.91 Å². The molecule has 0 atom stereocenters. The normalized spacial score (nSPS) is 12.9. The van der Waals surface area contributed by atoms with Crippen molar-refractivity contribution in [3.63, 3.8) is 0 Å². The topological polar surface area (TPSA) is 71.8 Å².